The Hall–Kier alpha value is -2.19. The minimum Gasteiger partial charge on any atom is -0.350 e. The molecule has 1 aliphatic rings. The first-order chi connectivity index (χ1) is 12.6. The van der Waals surface area contributed by atoms with Gasteiger partial charge in [0.25, 0.3) is 5.56 Å². The van der Waals surface area contributed by atoms with E-state index in [9.17, 15) is 14.0 Å². The highest BCUT2D eigenvalue weighted by atomic mass is 32.2. The molecule has 3 aromatic rings. The van der Waals surface area contributed by atoms with E-state index in [2.05, 4.69) is 10.3 Å². The van der Waals surface area contributed by atoms with Crippen molar-refractivity contribution in [1.29, 1.82) is 0 Å². The van der Waals surface area contributed by atoms with Gasteiger partial charge in [0.2, 0.25) is 5.91 Å². The Morgan fingerprint density at radius 1 is 1.31 bits per heavy atom. The van der Waals surface area contributed by atoms with Gasteiger partial charge in [0, 0.05) is 17.2 Å². The fourth-order valence-corrected chi connectivity index (χ4v) is 5.28. The Kier molecular flexibility index (Phi) is 4.78. The third-order valence-corrected chi connectivity index (χ3v) is 6.62. The predicted molar refractivity (Wildman–Crippen MR) is 102 cm³/mol. The van der Waals surface area contributed by atoms with Gasteiger partial charge in [-0.15, -0.1) is 11.3 Å². The number of hydrogen-bond acceptors (Lipinski definition) is 5. The van der Waals surface area contributed by atoms with Crippen molar-refractivity contribution in [3.63, 3.8) is 0 Å². The summed E-state index contributed by atoms with van der Waals surface area (Å²) in [7, 11) is 0. The number of fused-ring (bicyclic) bond motifs is 3. The van der Waals surface area contributed by atoms with Crippen molar-refractivity contribution in [3.05, 3.63) is 62.8 Å². The number of aryl methyl sites for hydroxylation is 1. The molecule has 5 nitrogen and oxygen atoms in total. The van der Waals surface area contributed by atoms with Gasteiger partial charge < -0.3 is 5.32 Å². The quantitative estimate of drug-likeness (QED) is 0.745. The van der Waals surface area contributed by atoms with E-state index in [0.717, 1.165) is 33.9 Å². The van der Waals surface area contributed by atoms with E-state index in [1.807, 2.05) is 11.8 Å². The monoisotopic (exact) mass is 389 g/mol. The summed E-state index contributed by atoms with van der Waals surface area (Å²) in [6.07, 6.45) is 2.31. The minimum absolute atomic E-state index is 0.0810. The van der Waals surface area contributed by atoms with Gasteiger partial charge in [-0.2, -0.15) is 11.8 Å². The van der Waals surface area contributed by atoms with Crippen molar-refractivity contribution in [2.24, 2.45) is 0 Å². The van der Waals surface area contributed by atoms with Gasteiger partial charge in [-0.1, -0.05) is 12.1 Å². The van der Waals surface area contributed by atoms with Crippen LogP contribution in [0.2, 0.25) is 0 Å². The van der Waals surface area contributed by atoms with Crippen LogP contribution in [0.3, 0.4) is 0 Å². The van der Waals surface area contributed by atoms with Crippen LogP contribution in [0.4, 0.5) is 4.39 Å². The summed E-state index contributed by atoms with van der Waals surface area (Å²) in [6.45, 7) is 0.205. The number of aromatic nitrogens is 2. The summed E-state index contributed by atoms with van der Waals surface area (Å²) < 4.78 is 14.3. The summed E-state index contributed by atoms with van der Waals surface area (Å²) in [5, 5.41) is 3.41. The normalized spacial score (nSPS) is 13.6. The molecule has 0 aliphatic carbocycles. The molecule has 0 fully saturated rings. The van der Waals surface area contributed by atoms with Gasteiger partial charge in [-0.05, 0) is 35.4 Å². The lowest BCUT2D eigenvalue weighted by Crippen LogP contribution is -2.32. The molecule has 0 atom stereocenters. The van der Waals surface area contributed by atoms with E-state index >= 15 is 0 Å². The van der Waals surface area contributed by atoms with Crippen LogP contribution in [-0.2, 0) is 30.1 Å². The number of hydrogen-bond donors (Lipinski definition) is 1. The van der Waals surface area contributed by atoms with Gasteiger partial charge in [0.15, 0.2) is 0 Å². The van der Waals surface area contributed by atoms with Crippen LogP contribution in [-0.4, -0.2) is 21.2 Å². The number of halogens is 1. The summed E-state index contributed by atoms with van der Waals surface area (Å²) in [4.78, 5) is 31.4. The highest BCUT2D eigenvalue weighted by molar-refractivity contribution is 7.98. The maximum atomic E-state index is 12.9. The fourth-order valence-electron chi connectivity index (χ4n) is 2.97. The SMILES string of the molecule is O=C(Cn1cnc2sc3c(c2c1=O)CCSC3)NCc1ccc(F)cc1. The van der Waals surface area contributed by atoms with Crippen molar-refractivity contribution in [2.75, 3.05) is 5.75 Å². The number of thiophene rings is 1. The van der Waals surface area contributed by atoms with Gasteiger partial charge >= 0.3 is 0 Å². The van der Waals surface area contributed by atoms with Crippen molar-refractivity contribution in [1.82, 2.24) is 14.9 Å². The summed E-state index contributed by atoms with van der Waals surface area (Å²) in [6, 6.07) is 5.93. The van der Waals surface area contributed by atoms with Crippen molar-refractivity contribution in [3.8, 4) is 0 Å². The van der Waals surface area contributed by atoms with E-state index in [-0.39, 0.29) is 30.4 Å². The Bertz CT molecular complexity index is 1030. The number of nitrogens with zero attached hydrogens (tertiary/aromatic N) is 2. The van der Waals surface area contributed by atoms with Crippen LogP contribution in [0, 0.1) is 5.82 Å². The van der Waals surface area contributed by atoms with Crippen molar-refractivity contribution >= 4 is 39.2 Å². The summed E-state index contributed by atoms with van der Waals surface area (Å²) in [5.41, 5.74) is 1.74. The molecule has 2 aromatic heterocycles. The Labute approximate surface area is 157 Å². The molecule has 8 heteroatoms. The predicted octanol–water partition coefficient (Wildman–Crippen LogP) is 2.70. The first-order valence-corrected chi connectivity index (χ1v) is 10.2. The van der Waals surface area contributed by atoms with E-state index in [0.29, 0.717) is 5.39 Å². The first-order valence-electron chi connectivity index (χ1n) is 8.20. The van der Waals surface area contributed by atoms with E-state index in [4.69, 9.17) is 0 Å². The van der Waals surface area contributed by atoms with Crippen molar-refractivity contribution in [2.45, 2.75) is 25.3 Å². The molecule has 26 heavy (non-hydrogen) atoms. The third-order valence-electron chi connectivity index (χ3n) is 4.31. The molecule has 4 rings (SSSR count). The molecule has 1 N–H and O–H groups in total. The van der Waals surface area contributed by atoms with Gasteiger partial charge in [0.1, 0.15) is 17.2 Å². The lowest BCUT2D eigenvalue weighted by Gasteiger charge is -2.10. The molecular formula is C18H16FN3O2S2. The molecule has 3 heterocycles. The van der Waals surface area contributed by atoms with Crippen LogP contribution in [0.15, 0.2) is 35.4 Å². The molecule has 1 aromatic carbocycles. The van der Waals surface area contributed by atoms with E-state index < -0.39 is 0 Å². The number of carbonyl (C=O) groups excluding carboxylic acids is 1. The molecular weight excluding hydrogens is 373 g/mol. The average Bonchev–Trinajstić information content (AvgIpc) is 3.03. The molecule has 0 unspecified atom stereocenters. The molecule has 0 saturated carbocycles. The van der Waals surface area contributed by atoms with Gasteiger partial charge in [-0.3, -0.25) is 14.2 Å². The van der Waals surface area contributed by atoms with Crippen LogP contribution in [0.1, 0.15) is 16.0 Å². The summed E-state index contributed by atoms with van der Waals surface area (Å²) in [5.74, 6) is 1.33. The zero-order valence-electron chi connectivity index (χ0n) is 13.8. The highest BCUT2D eigenvalue weighted by Crippen LogP contribution is 2.35. The maximum absolute atomic E-state index is 12.9. The first kappa shape index (κ1) is 17.2. The molecule has 1 aliphatic heterocycles. The second-order valence-corrected chi connectivity index (χ2v) is 8.26. The number of benzene rings is 1. The zero-order chi connectivity index (χ0) is 18.1. The molecule has 1 amide bonds. The number of amides is 1. The lowest BCUT2D eigenvalue weighted by atomic mass is 10.1. The molecule has 0 bridgehead atoms. The fraction of sp³-hybridized carbons (Fsp3) is 0.278. The largest absolute Gasteiger partial charge is 0.350 e. The maximum Gasteiger partial charge on any atom is 0.262 e. The third kappa shape index (κ3) is 3.39. The van der Waals surface area contributed by atoms with Crippen molar-refractivity contribution < 1.29 is 9.18 Å². The Balaban J connectivity index is 1.51. The number of carbonyl (C=O) groups is 1. The van der Waals surface area contributed by atoms with Crippen LogP contribution in [0.5, 0.6) is 0 Å². The summed E-state index contributed by atoms with van der Waals surface area (Å²) >= 11 is 3.44. The Morgan fingerprint density at radius 2 is 2.12 bits per heavy atom. The van der Waals surface area contributed by atoms with Crippen LogP contribution < -0.4 is 10.9 Å². The standard InChI is InChI=1S/C18H16FN3O2S2/c19-12-3-1-11(2-4-12)7-20-15(23)8-22-10-21-17-16(18(22)24)13-5-6-25-9-14(13)26-17/h1-4,10H,5-9H2,(H,20,23). The highest BCUT2D eigenvalue weighted by Gasteiger charge is 2.20. The molecule has 134 valence electrons. The van der Waals surface area contributed by atoms with Gasteiger partial charge in [0.05, 0.1) is 11.7 Å². The van der Waals surface area contributed by atoms with Gasteiger partial charge in [-0.25, -0.2) is 9.37 Å². The lowest BCUT2D eigenvalue weighted by molar-refractivity contribution is -0.121. The van der Waals surface area contributed by atoms with Crippen LogP contribution >= 0.6 is 23.1 Å². The molecule has 0 radical (unpaired) electrons. The van der Waals surface area contributed by atoms with E-state index in [1.54, 1.807) is 23.5 Å². The topological polar surface area (TPSA) is 64.0 Å². The zero-order valence-corrected chi connectivity index (χ0v) is 15.5. The average molecular weight is 389 g/mol. The molecule has 0 saturated heterocycles. The second-order valence-electron chi connectivity index (χ2n) is 6.07. The number of nitrogens with one attached hydrogen (secondary N) is 1. The smallest absolute Gasteiger partial charge is 0.262 e. The van der Waals surface area contributed by atoms with E-state index in [1.165, 1.54) is 27.9 Å². The minimum atomic E-state index is -0.316. The number of rotatable bonds is 4. The Morgan fingerprint density at radius 3 is 2.92 bits per heavy atom. The molecule has 0 spiro atoms. The second kappa shape index (κ2) is 7.20. The van der Waals surface area contributed by atoms with Crippen LogP contribution in [0.25, 0.3) is 10.2 Å². The number of thioether (sulfide) groups is 1.